The predicted molar refractivity (Wildman–Crippen MR) is 106 cm³/mol. The molecule has 24 heavy (non-hydrogen) atoms. The number of hydrogen-bond donors (Lipinski definition) is 1. The van der Waals surface area contributed by atoms with E-state index < -0.39 is 0 Å². The Labute approximate surface area is 156 Å². The number of carbonyl (C=O) groups is 1. The third kappa shape index (κ3) is 4.99. The SMILES string of the molecule is CCOc1ccc(C=CC(=O)Nc2ccc(I)cc2C)cc1OC. The molecule has 0 spiro atoms. The quantitative estimate of drug-likeness (QED) is 0.529. The van der Waals surface area contributed by atoms with Gasteiger partial charge >= 0.3 is 0 Å². The fraction of sp³-hybridized carbons (Fsp3) is 0.211. The van der Waals surface area contributed by atoms with Crippen molar-refractivity contribution in [3.05, 3.63) is 57.2 Å². The van der Waals surface area contributed by atoms with E-state index >= 15 is 0 Å². The predicted octanol–water partition coefficient (Wildman–Crippen LogP) is 4.66. The van der Waals surface area contributed by atoms with Crippen LogP contribution in [0.1, 0.15) is 18.1 Å². The van der Waals surface area contributed by atoms with Gasteiger partial charge in [-0.15, -0.1) is 0 Å². The van der Waals surface area contributed by atoms with Crippen LogP contribution >= 0.6 is 22.6 Å². The van der Waals surface area contributed by atoms with Gasteiger partial charge in [0.05, 0.1) is 13.7 Å². The number of aryl methyl sites for hydroxylation is 1. The maximum absolute atomic E-state index is 12.1. The van der Waals surface area contributed by atoms with Crippen LogP contribution in [0.4, 0.5) is 5.69 Å². The summed E-state index contributed by atoms with van der Waals surface area (Å²) in [4.78, 5) is 12.1. The van der Waals surface area contributed by atoms with Gasteiger partial charge in [0.1, 0.15) is 0 Å². The Morgan fingerprint density at radius 3 is 2.67 bits per heavy atom. The highest BCUT2D eigenvalue weighted by Gasteiger charge is 2.05. The summed E-state index contributed by atoms with van der Waals surface area (Å²) in [5.74, 6) is 1.16. The van der Waals surface area contributed by atoms with Crippen LogP contribution in [0.5, 0.6) is 11.5 Å². The van der Waals surface area contributed by atoms with Crippen molar-refractivity contribution in [1.82, 2.24) is 0 Å². The summed E-state index contributed by atoms with van der Waals surface area (Å²) in [6.07, 6.45) is 3.25. The molecule has 0 saturated heterocycles. The first kappa shape index (κ1) is 18.3. The molecule has 2 rings (SSSR count). The molecule has 2 aromatic carbocycles. The van der Waals surface area contributed by atoms with E-state index in [0.717, 1.165) is 20.4 Å². The first-order valence-electron chi connectivity index (χ1n) is 7.59. The van der Waals surface area contributed by atoms with E-state index in [4.69, 9.17) is 9.47 Å². The number of halogens is 1. The van der Waals surface area contributed by atoms with Crippen LogP contribution in [-0.2, 0) is 4.79 Å². The van der Waals surface area contributed by atoms with Crippen molar-refractivity contribution >= 4 is 40.3 Å². The van der Waals surface area contributed by atoms with Crippen LogP contribution in [0, 0.1) is 10.5 Å². The molecule has 0 aliphatic carbocycles. The van der Waals surface area contributed by atoms with Crippen LogP contribution in [-0.4, -0.2) is 19.6 Å². The molecular formula is C19H20INO3. The van der Waals surface area contributed by atoms with Gasteiger partial charge in [-0.05, 0) is 84.0 Å². The molecule has 0 aromatic heterocycles. The molecule has 1 N–H and O–H groups in total. The highest BCUT2D eigenvalue weighted by atomic mass is 127. The summed E-state index contributed by atoms with van der Waals surface area (Å²) >= 11 is 2.25. The molecule has 2 aromatic rings. The molecule has 5 heteroatoms. The monoisotopic (exact) mass is 437 g/mol. The fourth-order valence-corrected chi connectivity index (χ4v) is 2.82. The molecule has 4 nitrogen and oxygen atoms in total. The molecule has 1 amide bonds. The standard InChI is InChI=1S/C19H20INO3/c1-4-24-17-9-5-14(12-18(17)23-3)6-10-19(22)21-16-8-7-15(20)11-13(16)2/h5-12H,4H2,1-3H3,(H,21,22). The van der Waals surface area contributed by atoms with E-state index in [2.05, 4.69) is 27.9 Å². The van der Waals surface area contributed by atoms with Gasteiger partial charge < -0.3 is 14.8 Å². The average Bonchev–Trinajstić information content (AvgIpc) is 2.56. The number of amides is 1. The molecule has 0 aliphatic heterocycles. The van der Waals surface area contributed by atoms with E-state index in [-0.39, 0.29) is 5.91 Å². The van der Waals surface area contributed by atoms with E-state index in [1.165, 1.54) is 6.08 Å². The summed E-state index contributed by atoms with van der Waals surface area (Å²) < 4.78 is 11.9. The number of methoxy groups -OCH3 is 1. The lowest BCUT2D eigenvalue weighted by Crippen LogP contribution is -2.08. The van der Waals surface area contributed by atoms with Gasteiger partial charge in [-0.25, -0.2) is 0 Å². The average molecular weight is 437 g/mol. The zero-order chi connectivity index (χ0) is 17.5. The second-order valence-electron chi connectivity index (χ2n) is 5.13. The minimum Gasteiger partial charge on any atom is -0.493 e. The molecule has 0 unspecified atom stereocenters. The van der Waals surface area contributed by atoms with Crippen LogP contribution in [0.3, 0.4) is 0 Å². The lowest BCUT2D eigenvalue weighted by atomic mass is 10.1. The summed E-state index contributed by atoms with van der Waals surface area (Å²) in [5.41, 5.74) is 2.71. The second-order valence-corrected chi connectivity index (χ2v) is 6.37. The number of benzene rings is 2. The first-order chi connectivity index (χ1) is 11.5. The lowest BCUT2D eigenvalue weighted by molar-refractivity contribution is -0.111. The van der Waals surface area contributed by atoms with Crippen LogP contribution in [0.15, 0.2) is 42.5 Å². The van der Waals surface area contributed by atoms with Crippen LogP contribution in [0.2, 0.25) is 0 Å². The molecule has 0 saturated carbocycles. The molecule has 126 valence electrons. The van der Waals surface area contributed by atoms with E-state index in [9.17, 15) is 4.79 Å². The molecule has 0 bridgehead atoms. The Hall–Kier alpha value is -2.02. The van der Waals surface area contributed by atoms with Gasteiger partial charge in [0, 0.05) is 15.3 Å². The Balaban J connectivity index is 2.08. The highest BCUT2D eigenvalue weighted by Crippen LogP contribution is 2.28. The highest BCUT2D eigenvalue weighted by molar-refractivity contribution is 14.1. The van der Waals surface area contributed by atoms with Crippen molar-refractivity contribution in [1.29, 1.82) is 0 Å². The largest absolute Gasteiger partial charge is 0.493 e. The molecule has 0 radical (unpaired) electrons. The van der Waals surface area contributed by atoms with Gasteiger partial charge in [-0.3, -0.25) is 4.79 Å². The molecule has 0 atom stereocenters. The van der Waals surface area contributed by atoms with Crippen molar-refractivity contribution in [2.24, 2.45) is 0 Å². The maximum Gasteiger partial charge on any atom is 0.248 e. The number of hydrogen-bond acceptors (Lipinski definition) is 3. The Morgan fingerprint density at radius 1 is 1.21 bits per heavy atom. The number of nitrogens with one attached hydrogen (secondary N) is 1. The molecular weight excluding hydrogens is 417 g/mol. The molecule has 0 fully saturated rings. The van der Waals surface area contributed by atoms with Gasteiger partial charge in [-0.2, -0.15) is 0 Å². The van der Waals surface area contributed by atoms with Crippen molar-refractivity contribution in [2.45, 2.75) is 13.8 Å². The smallest absolute Gasteiger partial charge is 0.248 e. The molecule has 0 heterocycles. The summed E-state index contributed by atoms with van der Waals surface area (Å²) in [7, 11) is 1.59. The third-order valence-electron chi connectivity index (χ3n) is 3.36. The Morgan fingerprint density at radius 2 is 2.00 bits per heavy atom. The zero-order valence-electron chi connectivity index (χ0n) is 13.9. The minimum atomic E-state index is -0.174. The van der Waals surface area contributed by atoms with Crippen molar-refractivity contribution in [3.8, 4) is 11.5 Å². The van der Waals surface area contributed by atoms with Crippen molar-refractivity contribution in [3.63, 3.8) is 0 Å². The van der Waals surface area contributed by atoms with Gasteiger partial charge in [0.15, 0.2) is 11.5 Å². The fourth-order valence-electron chi connectivity index (χ4n) is 2.18. The van der Waals surface area contributed by atoms with Gasteiger partial charge in [0.2, 0.25) is 5.91 Å². The van der Waals surface area contributed by atoms with E-state index in [1.807, 2.05) is 50.2 Å². The Bertz CT molecular complexity index is 756. The van der Waals surface area contributed by atoms with E-state index in [0.29, 0.717) is 18.1 Å². The van der Waals surface area contributed by atoms with Crippen molar-refractivity contribution in [2.75, 3.05) is 19.0 Å². The third-order valence-corrected chi connectivity index (χ3v) is 4.03. The van der Waals surface area contributed by atoms with Gasteiger partial charge in [0.25, 0.3) is 0 Å². The number of ether oxygens (including phenoxy) is 2. The number of rotatable bonds is 6. The normalized spacial score (nSPS) is 10.7. The summed E-state index contributed by atoms with van der Waals surface area (Å²) in [6, 6.07) is 11.5. The van der Waals surface area contributed by atoms with Crippen LogP contribution in [0.25, 0.3) is 6.08 Å². The zero-order valence-corrected chi connectivity index (χ0v) is 16.1. The number of carbonyl (C=O) groups excluding carboxylic acids is 1. The van der Waals surface area contributed by atoms with Gasteiger partial charge in [-0.1, -0.05) is 6.07 Å². The maximum atomic E-state index is 12.1. The second kappa shape index (κ2) is 8.73. The minimum absolute atomic E-state index is 0.174. The summed E-state index contributed by atoms with van der Waals surface area (Å²) in [6.45, 7) is 4.46. The number of anilines is 1. The van der Waals surface area contributed by atoms with Crippen molar-refractivity contribution < 1.29 is 14.3 Å². The first-order valence-corrected chi connectivity index (χ1v) is 8.67. The lowest BCUT2D eigenvalue weighted by Gasteiger charge is -2.09. The van der Waals surface area contributed by atoms with Crippen LogP contribution < -0.4 is 14.8 Å². The van der Waals surface area contributed by atoms with E-state index in [1.54, 1.807) is 13.2 Å². The molecule has 0 aliphatic rings. The topological polar surface area (TPSA) is 47.6 Å². The summed E-state index contributed by atoms with van der Waals surface area (Å²) in [5, 5.41) is 2.88. The Kier molecular flexibility index (Phi) is 6.66.